The largest absolute Gasteiger partial charge is 2.00 e. The third-order valence-electron chi connectivity index (χ3n) is 10.7. The first-order chi connectivity index (χ1) is 27.6. The summed E-state index contributed by atoms with van der Waals surface area (Å²) in [7, 11) is -4.48. The topological polar surface area (TPSA) is 147 Å². The molecule has 0 heterocycles. The molecule has 0 amide bonds. The van der Waals surface area contributed by atoms with Crippen molar-refractivity contribution in [1.29, 1.82) is 0 Å². The predicted molar refractivity (Wildman–Crippen MR) is 242 cm³/mol. The molecule has 0 aliphatic heterocycles. The van der Waals surface area contributed by atoms with Gasteiger partial charge in [-0.1, -0.05) is 258 Å². The van der Waals surface area contributed by atoms with E-state index in [0.29, 0.717) is 6.42 Å². The van der Waals surface area contributed by atoms with Gasteiger partial charge in [0.05, 0.1) is 6.61 Å². The van der Waals surface area contributed by atoms with Crippen LogP contribution in [0.1, 0.15) is 290 Å². The zero-order chi connectivity index (χ0) is 42.8. The van der Waals surface area contributed by atoms with Gasteiger partial charge in [-0.3, -0.25) is 4.18 Å². The molecule has 0 bridgehead atoms. The molecule has 344 valence electrons. The minimum Gasteiger partial charge on any atom is -0.726 e. The van der Waals surface area contributed by atoms with Gasteiger partial charge in [0.25, 0.3) is 0 Å². The Morgan fingerprint density at radius 3 is 0.695 bits per heavy atom. The average Bonchev–Trinajstić information content (AvgIpc) is 3.17. The van der Waals surface area contributed by atoms with Gasteiger partial charge in [-0.25, -0.2) is 8.42 Å². The molecule has 0 aromatic rings. The fourth-order valence-corrected chi connectivity index (χ4v) is 7.35. The maximum atomic E-state index is 10.2. The van der Waals surface area contributed by atoms with Gasteiger partial charge in [-0.2, -0.15) is 0 Å². The van der Waals surface area contributed by atoms with E-state index in [0.717, 1.165) is 38.5 Å². The molecule has 0 spiro atoms. The minimum atomic E-state index is -4.48. The molecule has 0 atom stereocenters. The van der Waals surface area contributed by atoms with Crippen LogP contribution in [0.15, 0.2) is 0 Å². The number of hydrogen-bond acceptors (Lipinski definition) is 8. The molecule has 0 unspecified atom stereocenters. The Kier molecular flexibility index (Phi) is 71.6. The Hall–Kier alpha value is 1.07. The van der Waals surface area contributed by atoms with Crippen LogP contribution in [0.25, 0.3) is 0 Å². The second kappa shape index (κ2) is 61.2. The Labute approximate surface area is 419 Å². The van der Waals surface area contributed by atoms with Crippen LogP contribution in [-0.2, 0) is 24.2 Å². The van der Waals surface area contributed by atoms with Crippen LogP contribution >= 0.6 is 0 Å². The van der Waals surface area contributed by atoms with Crippen LogP contribution < -0.4 is 39.8 Å². The van der Waals surface area contributed by atoms with Gasteiger partial charge < -0.3 is 24.4 Å². The summed E-state index contributed by atoms with van der Waals surface area (Å²) >= 11 is 0. The van der Waals surface area contributed by atoms with Crippen LogP contribution in [0, 0.1) is 0 Å². The summed E-state index contributed by atoms with van der Waals surface area (Å²) in [5.74, 6) is -1.81. The van der Waals surface area contributed by atoms with Crippen LogP contribution in [0.3, 0.4) is 0 Å². The van der Waals surface area contributed by atoms with Crippen molar-refractivity contribution in [3.63, 3.8) is 0 Å². The molecule has 0 aromatic carbocycles. The van der Waals surface area contributed by atoms with Crippen molar-refractivity contribution in [1.82, 2.24) is 0 Å². The summed E-state index contributed by atoms with van der Waals surface area (Å²) in [4.78, 5) is 20.4. The molecule has 0 saturated heterocycles. The summed E-state index contributed by atoms with van der Waals surface area (Å²) in [6.45, 7) is 6.78. The van der Waals surface area contributed by atoms with Gasteiger partial charge in [0.2, 0.25) is 10.4 Å². The molecule has 0 radical (unpaired) electrons. The van der Waals surface area contributed by atoms with E-state index in [-0.39, 0.29) is 86.7 Å². The van der Waals surface area contributed by atoms with Crippen molar-refractivity contribution in [3.05, 3.63) is 0 Å². The van der Waals surface area contributed by atoms with Gasteiger partial charge in [-0.15, -0.1) is 0 Å². The van der Waals surface area contributed by atoms with Crippen molar-refractivity contribution in [2.24, 2.45) is 0 Å². The van der Waals surface area contributed by atoms with Gasteiger partial charge in [-0.05, 0) is 32.1 Å². The van der Waals surface area contributed by atoms with E-state index in [1.807, 2.05) is 0 Å². The number of carbonyl (C=O) groups excluding carboxylic acids is 2. The Bertz CT molecular complexity index is 850. The molecule has 8 nitrogen and oxygen atoms in total. The molecule has 0 saturated carbocycles. The summed E-state index contributed by atoms with van der Waals surface area (Å²) in [6.07, 6.45) is 51.4. The molecular formula is C48H95CaNaO8S. The predicted octanol–water partition coefficient (Wildman–Crippen LogP) is 10.0. The van der Waals surface area contributed by atoms with Crippen molar-refractivity contribution in [2.45, 2.75) is 290 Å². The van der Waals surface area contributed by atoms with Gasteiger partial charge in [0, 0.05) is 11.9 Å². The summed E-state index contributed by atoms with van der Waals surface area (Å²) in [5.41, 5.74) is 0. The molecule has 0 aliphatic rings. The van der Waals surface area contributed by atoms with E-state index in [1.165, 1.54) is 212 Å². The normalized spacial score (nSPS) is 10.8. The molecule has 11 heteroatoms. The Balaban J connectivity index is -0.000000244. The maximum Gasteiger partial charge on any atom is 2.00 e. The molecule has 0 aromatic heterocycles. The second-order valence-electron chi connectivity index (χ2n) is 16.6. The Morgan fingerprint density at radius 2 is 0.525 bits per heavy atom. The van der Waals surface area contributed by atoms with E-state index in [9.17, 15) is 32.8 Å². The zero-order valence-corrected chi connectivity index (χ0v) is 44.8. The van der Waals surface area contributed by atoms with E-state index in [2.05, 4.69) is 25.0 Å². The third kappa shape index (κ3) is 79.9. The molecule has 0 fully saturated rings. The minimum absolute atomic E-state index is 0. The number of rotatable bonds is 44. The maximum absolute atomic E-state index is 10.2. The number of aliphatic carboxylic acids is 2. The molecule has 0 N–H and O–H groups in total. The van der Waals surface area contributed by atoms with Crippen LogP contribution in [-0.4, -0.2) is 69.3 Å². The monoisotopic (exact) mass is 895 g/mol. The quantitative estimate of drug-likeness (QED) is 0.0254. The number of hydrogen-bond donors (Lipinski definition) is 0. The third-order valence-corrected chi connectivity index (χ3v) is 11.1. The van der Waals surface area contributed by atoms with Crippen LogP contribution in [0.4, 0.5) is 0 Å². The van der Waals surface area contributed by atoms with Crippen molar-refractivity contribution >= 4 is 60.1 Å². The van der Waals surface area contributed by atoms with Crippen LogP contribution in [0.5, 0.6) is 0 Å². The summed E-state index contributed by atoms with van der Waals surface area (Å²) in [6, 6.07) is 0. The first-order valence-electron chi connectivity index (χ1n) is 24.6. The zero-order valence-electron chi connectivity index (χ0n) is 39.8. The van der Waals surface area contributed by atoms with E-state index in [4.69, 9.17) is 0 Å². The van der Waals surface area contributed by atoms with E-state index in [1.54, 1.807) is 0 Å². The van der Waals surface area contributed by atoms with Crippen molar-refractivity contribution < 1.29 is 66.5 Å². The average molecular weight is 895 g/mol. The van der Waals surface area contributed by atoms with Crippen molar-refractivity contribution in [2.75, 3.05) is 6.61 Å². The van der Waals surface area contributed by atoms with Gasteiger partial charge >= 0.3 is 67.3 Å². The summed E-state index contributed by atoms with van der Waals surface area (Å²) in [5, 5.41) is 20.4. The second-order valence-corrected chi connectivity index (χ2v) is 17.6. The van der Waals surface area contributed by atoms with Crippen molar-refractivity contribution in [3.8, 4) is 0 Å². The number of unbranched alkanes of at least 4 members (excludes halogenated alkanes) is 37. The van der Waals surface area contributed by atoms with E-state index >= 15 is 0 Å². The number of carboxylic acids is 2. The fraction of sp³-hybridized carbons (Fsp3) is 0.958. The van der Waals surface area contributed by atoms with Crippen LogP contribution in [0.2, 0.25) is 0 Å². The SMILES string of the molecule is CCCCCCCCCCCCCCCCCC(=O)[O-].CCCCCCCCCCCCCCCCCC(=O)[O-].CCCCCCCCCCCCOS(=O)(=O)[O-].[Ca+2].[Na+]. The smallest absolute Gasteiger partial charge is 0.726 e. The first kappa shape index (κ1) is 69.1. The van der Waals surface area contributed by atoms with Gasteiger partial charge in [0.15, 0.2) is 0 Å². The molecular weight excluding hydrogens is 800 g/mol. The molecule has 59 heavy (non-hydrogen) atoms. The summed E-state index contributed by atoms with van der Waals surface area (Å²) < 4.78 is 34.5. The standard InChI is InChI=1S/2C18H36O2.C12H26O4S.Ca.Na/c2*1-2-3-4-5-6-7-8-9-10-11-12-13-14-15-16-17-18(19)20;1-2-3-4-5-6-7-8-9-10-11-12-16-17(13,14)15;;/h2*2-17H2,1H3,(H,19,20);2-12H2,1H3,(H,13,14,15);;/q;;;+2;+1/p-3. The molecule has 0 aliphatic carbocycles. The van der Waals surface area contributed by atoms with E-state index < -0.39 is 22.3 Å². The number of carbonyl (C=O) groups is 2. The number of carboxylic acid groups (broad SMARTS) is 2. The molecule has 0 rings (SSSR count). The Morgan fingerprint density at radius 1 is 0.356 bits per heavy atom. The van der Waals surface area contributed by atoms with Gasteiger partial charge in [0.1, 0.15) is 0 Å². The fourth-order valence-electron chi connectivity index (χ4n) is 7.03. The first-order valence-corrected chi connectivity index (χ1v) is 25.9.